The predicted octanol–water partition coefficient (Wildman–Crippen LogP) is 1.25. The molecule has 1 aromatic carbocycles. The van der Waals surface area contributed by atoms with Crippen molar-refractivity contribution >= 4 is 29.3 Å². The van der Waals surface area contributed by atoms with Crippen LogP contribution >= 0.6 is 11.8 Å². The number of rotatable bonds is 5. The van der Waals surface area contributed by atoms with E-state index in [2.05, 4.69) is 10.4 Å². The number of aromatic nitrogens is 2. The van der Waals surface area contributed by atoms with E-state index in [-0.39, 0.29) is 23.7 Å². The van der Waals surface area contributed by atoms with Crippen LogP contribution in [0.15, 0.2) is 43.0 Å². The maximum absolute atomic E-state index is 12.2. The molecule has 1 atom stereocenters. The van der Waals surface area contributed by atoms with Gasteiger partial charge in [-0.15, -0.1) is 11.8 Å². The van der Waals surface area contributed by atoms with Crippen molar-refractivity contribution in [1.82, 2.24) is 20.0 Å². The minimum absolute atomic E-state index is 0.0966. The summed E-state index contributed by atoms with van der Waals surface area (Å²) in [6.45, 7) is 0.126. The Bertz CT molecular complexity index is 715. The quantitative estimate of drug-likeness (QED) is 0.883. The summed E-state index contributed by atoms with van der Waals surface area (Å²) in [5, 5.41) is 1.22. The van der Waals surface area contributed by atoms with Crippen LogP contribution in [0.25, 0.3) is 0 Å². The second kappa shape index (κ2) is 6.96. The Hall–Kier alpha value is -2.48. The minimum Gasteiger partial charge on any atom is -0.378 e. The molecule has 1 aromatic heterocycles. The summed E-state index contributed by atoms with van der Waals surface area (Å²) >= 11 is 1.50. The van der Waals surface area contributed by atoms with Gasteiger partial charge >= 0.3 is 0 Å². The highest BCUT2D eigenvalue weighted by Gasteiger charge is 2.34. The van der Waals surface area contributed by atoms with Crippen LogP contribution in [0.3, 0.4) is 0 Å². The molecule has 0 radical (unpaired) electrons. The Kier molecular flexibility index (Phi) is 4.75. The van der Waals surface area contributed by atoms with E-state index < -0.39 is 0 Å². The molecule has 0 bridgehead atoms. The third kappa shape index (κ3) is 3.53. The Labute approximate surface area is 144 Å². The molecule has 2 amide bonds. The Morgan fingerprint density at radius 3 is 2.75 bits per heavy atom. The lowest BCUT2D eigenvalue weighted by atomic mass is 10.2. The molecule has 1 aliphatic rings. The summed E-state index contributed by atoms with van der Waals surface area (Å²) in [7, 11) is 3.96. The fourth-order valence-corrected chi connectivity index (χ4v) is 3.55. The third-order valence-corrected chi connectivity index (χ3v) is 4.91. The molecule has 1 fully saturated rings. The molecule has 0 saturated carbocycles. The van der Waals surface area contributed by atoms with Gasteiger partial charge in [0.15, 0.2) is 0 Å². The van der Waals surface area contributed by atoms with Gasteiger partial charge < -0.3 is 9.47 Å². The van der Waals surface area contributed by atoms with Crippen LogP contribution in [0.1, 0.15) is 10.9 Å². The summed E-state index contributed by atoms with van der Waals surface area (Å²) in [6, 6.07) is 7.98. The number of anilines is 1. The maximum Gasteiger partial charge on any atom is 0.258 e. The topological polar surface area (TPSA) is 70.5 Å². The number of amides is 2. The highest BCUT2D eigenvalue weighted by Crippen LogP contribution is 2.37. The number of hydrogen-bond donors (Lipinski definition) is 1. The zero-order chi connectivity index (χ0) is 17.1. The van der Waals surface area contributed by atoms with Crippen molar-refractivity contribution in [2.24, 2.45) is 0 Å². The highest BCUT2D eigenvalue weighted by atomic mass is 32.2. The zero-order valence-corrected chi connectivity index (χ0v) is 14.4. The van der Waals surface area contributed by atoms with Crippen LogP contribution < -0.4 is 10.3 Å². The minimum atomic E-state index is -0.251. The molecule has 8 heteroatoms. The van der Waals surface area contributed by atoms with Gasteiger partial charge in [-0.05, 0) is 17.7 Å². The molecule has 1 aliphatic heterocycles. The first-order valence-corrected chi connectivity index (χ1v) is 8.55. The van der Waals surface area contributed by atoms with E-state index in [0.717, 1.165) is 11.3 Å². The third-order valence-electron chi connectivity index (χ3n) is 3.69. The van der Waals surface area contributed by atoms with Gasteiger partial charge in [0.05, 0.1) is 12.1 Å². The van der Waals surface area contributed by atoms with E-state index in [1.165, 1.54) is 16.8 Å². The first-order chi connectivity index (χ1) is 11.5. The summed E-state index contributed by atoms with van der Waals surface area (Å²) in [5.74, 6) is 0.00488. The summed E-state index contributed by atoms with van der Waals surface area (Å²) in [5.41, 5.74) is 4.79. The van der Waals surface area contributed by atoms with Gasteiger partial charge in [-0.25, -0.2) is 9.99 Å². The first-order valence-electron chi connectivity index (χ1n) is 7.51. The van der Waals surface area contributed by atoms with E-state index in [1.54, 1.807) is 23.3 Å². The van der Waals surface area contributed by atoms with E-state index >= 15 is 0 Å². The van der Waals surface area contributed by atoms with Gasteiger partial charge in [0.2, 0.25) is 0 Å². The van der Waals surface area contributed by atoms with Crippen molar-refractivity contribution in [1.29, 1.82) is 0 Å². The van der Waals surface area contributed by atoms with Crippen molar-refractivity contribution in [2.75, 3.05) is 24.7 Å². The van der Waals surface area contributed by atoms with Crippen LogP contribution in [0.2, 0.25) is 0 Å². The van der Waals surface area contributed by atoms with Gasteiger partial charge in [0.1, 0.15) is 11.9 Å². The molecule has 7 nitrogen and oxygen atoms in total. The average molecular weight is 345 g/mol. The van der Waals surface area contributed by atoms with Gasteiger partial charge in [-0.1, -0.05) is 12.1 Å². The van der Waals surface area contributed by atoms with E-state index in [1.807, 2.05) is 43.3 Å². The number of benzene rings is 1. The predicted molar refractivity (Wildman–Crippen MR) is 93.2 cm³/mol. The van der Waals surface area contributed by atoms with Crippen molar-refractivity contribution in [2.45, 2.75) is 11.9 Å². The lowest BCUT2D eigenvalue weighted by molar-refractivity contribution is -0.139. The molecule has 0 spiro atoms. The van der Waals surface area contributed by atoms with Crippen molar-refractivity contribution in [3.63, 3.8) is 0 Å². The fraction of sp³-hybridized carbons (Fsp3) is 0.312. The van der Waals surface area contributed by atoms with Crippen LogP contribution in [-0.2, 0) is 16.1 Å². The SMILES string of the molecule is CN(C)c1ccc(C2SCC(=O)N2NC(=O)Cn2ccnc2)cc1. The van der Waals surface area contributed by atoms with Gasteiger partial charge in [-0.3, -0.25) is 15.0 Å². The molecule has 3 rings (SSSR count). The van der Waals surface area contributed by atoms with Crippen molar-refractivity contribution in [3.05, 3.63) is 48.5 Å². The maximum atomic E-state index is 12.2. The molecule has 2 aromatic rings. The number of nitrogens with one attached hydrogen (secondary N) is 1. The molecular weight excluding hydrogens is 326 g/mol. The molecule has 24 heavy (non-hydrogen) atoms. The van der Waals surface area contributed by atoms with Gasteiger partial charge in [-0.2, -0.15) is 0 Å². The number of carbonyl (C=O) groups is 2. The van der Waals surface area contributed by atoms with Crippen molar-refractivity contribution < 1.29 is 9.59 Å². The summed E-state index contributed by atoms with van der Waals surface area (Å²) in [4.78, 5) is 30.2. The van der Waals surface area contributed by atoms with Crippen LogP contribution in [0.4, 0.5) is 5.69 Å². The molecule has 2 heterocycles. The Morgan fingerprint density at radius 1 is 1.38 bits per heavy atom. The number of imidazole rings is 1. The van der Waals surface area contributed by atoms with E-state index in [9.17, 15) is 9.59 Å². The number of carbonyl (C=O) groups excluding carboxylic acids is 2. The van der Waals surface area contributed by atoms with Crippen molar-refractivity contribution in [3.8, 4) is 0 Å². The van der Waals surface area contributed by atoms with Crippen LogP contribution in [-0.4, -0.2) is 46.2 Å². The van der Waals surface area contributed by atoms with Gasteiger partial charge in [0, 0.05) is 32.2 Å². The van der Waals surface area contributed by atoms with E-state index in [4.69, 9.17) is 0 Å². The van der Waals surface area contributed by atoms with E-state index in [0.29, 0.717) is 5.75 Å². The number of nitrogens with zero attached hydrogens (tertiary/aromatic N) is 4. The second-order valence-electron chi connectivity index (χ2n) is 5.68. The lowest BCUT2D eigenvalue weighted by Gasteiger charge is -2.25. The highest BCUT2D eigenvalue weighted by molar-refractivity contribution is 8.00. The normalized spacial score (nSPS) is 17.2. The second-order valence-corrected chi connectivity index (χ2v) is 6.75. The molecular formula is C16H19N5O2S. The number of thioether (sulfide) groups is 1. The number of hydrazine groups is 1. The average Bonchev–Trinajstić information content (AvgIpc) is 3.18. The lowest BCUT2D eigenvalue weighted by Crippen LogP contribution is -2.45. The van der Waals surface area contributed by atoms with Gasteiger partial charge in [0.25, 0.3) is 11.8 Å². The van der Waals surface area contributed by atoms with Crippen LogP contribution in [0.5, 0.6) is 0 Å². The molecule has 0 aliphatic carbocycles. The Balaban J connectivity index is 1.70. The summed E-state index contributed by atoms with van der Waals surface area (Å²) in [6.07, 6.45) is 4.88. The monoisotopic (exact) mass is 345 g/mol. The standard InChI is InChI=1S/C16H19N5O2S/c1-19(2)13-5-3-12(4-6-13)16-21(15(23)10-24-16)18-14(22)9-20-8-7-17-11-20/h3-8,11,16H,9-10H2,1-2H3,(H,18,22). The Morgan fingerprint density at radius 2 is 2.12 bits per heavy atom. The smallest absolute Gasteiger partial charge is 0.258 e. The largest absolute Gasteiger partial charge is 0.378 e. The fourth-order valence-electron chi connectivity index (χ4n) is 2.44. The molecule has 126 valence electrons. The molecule has 1 saturated heterocycles. The summed E-state index contributed by atoms with van der Waals surface area (Å²) < 4.78 is 1.66. The molecule has 1 N–H and O–H groups in total. The first kappa shape index (κ1) is 16.4. The zero-order valence-electron chi connectivity index (χ0n) is 13.5. The van der Waals surface area contributed by atoms with Crippen LogP contribution in [0, 0.1) is 0 Å². The molecule has 1 unspecified atom stereocenters. The number of hydrogen-bond acceptors (Lipinski definition) is 5.